The zero-order valence-electron chi connectivity index (χ0n) is 14.8. The van der Waals surface area contributed by atoms with Crippen LogP contribution < -0.4 is 4.90 Å². The molecule has 5 nitrogen and oxygen atoms in total. The highest BCUT2D eigenvalue weighted by atomic mass is 32.1. The summed E-state index contributed by atoms with van der Waals surface area (Å²) in [6, 6.07) is 11.3. The van der Waals surface area contributed by atoms with E-state index in [1.807, 2.05) is 36.6 Å². The van der Waals surface area contributed by atoms with Crippen molar-refractivity contribution < 1.29 is 19.1 Å². The number of esters is 1. The Morgan fingerprint density at radius 1 is 1.19 bits per heavy atom. The van der Waals surface area contributed by atoms with E-state index in [0.29, 0.717) is 4.88 Å². The van der Waals surface area contributed by atoms with E-state index in [-0.39, 0.29) is 30.6 Å². The fraction of sp³-hybridized carbons (Fsp3) is 0.350. The molecule has 136 valence electrons. The number of hydrogen-bond acceptors (Lipinski definition) is 5. The first-order chi connectivity index (χ1) is 12.5. The summed E-state index contributed by atoms with van der Waals surface area (Å²) < 4.78 is 5.28. The standard InChI is InChI=1S/C20H21NO4S/c1-13-12-15-6-3-4-7-16(15)21(13)20(24)14(2)25-19(23)10-9-17(22)18-8-5-11-26-18/h3-8,11,13-14H,9-10,12H2,1-2H3/t13-,14-/m1/s1. The molecular formula is C20H21NO4S. The van der Waals surface area contributed by atoms with Crippen molar-refractivity contribution in [2.75, 3.05) is 4.90 Å². The van der Waals surface area contributed by atoms with Crippen LogP contribution in [0.15, 0.2) is 41.8 Å². The number of fused-ring (bicyclic) bond motifs is 1. The second-order valence-corrected chi connectivity index (χ2v) is 7.37. The maximum atomic E-state index is 12.8. The van der Waals surface area contributed by atoms with E-state index in [9.17, 15) is 14.4 Å². The third-order valence-corrected chi connectivity index (χ3v) is 5.36. The molecule has 1 amide bonds. The molecule has 6 heteroatoms. The highest BCUT2D eigenvalue weighted by Crippen LogP contribution is 2.32. The van der Waals surface area contributed by atoms with Gasteiger partial charge < -0.3 is 9.64 Å². The molecule has 0 saturated carbocycles. The highest BCUT2D eigenvalue weighted by Gasteiger charge is 2.34. The van der Waals surface area contributed by atoms with Gasteiger partial charge in [0.1, 0.15) is 0 Å². The van der Waals surface area contributed by atoms with Gasteiger partial charge in [0.05, 0.1) is 11.3 Å². The van der Waals surface area contributed by atoms with Gasteiger partial charge in [-0.3, -0.25) is 14.4 Å². The molecule has 0 fully saturated rings. The van der Waals surface area contributed by atoms with Crippen molar-refractivity contribution in [3.05, 3.63) is 52.2 Å². The number of carbonyl (C=O) groups is 3. The van der Waals surface area contributed by atoms with Crippen LogP contribution in [0.4, 0.5) is 5.69 Å². The predicted molar refractivity (Wildman–Crippen MR) is 101 cm³/mol. The third-order valence-electron chi connectivity index (χ3n) is 4.45. The Morgan fingerprint density at radius 3 is 2.69 bits per heavy atom. The van der Waals surface area contributed by atoms with Crippen LogP contribution in [0.1, 0.15) is 41.9 Å². The van der Waals surface area contributed by atoms with Gasteiger partial charge in [-0.05, 0) is 43.3 Å². The van der Waals surface area contributed by atoms with Gasteiger partial charge in [0, 0.05) is 18.2 Å². The monoisotopic (exact) mass is 371 g/mol. The number of thiophene rings is 1. The number of benzene rings is 1. The van der Waals surface area contributed by atoms with Gasteiger partial charge in [-0.15, -0.1) is 11.3 Å². The summed E-state index contributed by atoms with van der Waals surface area (Å²) in [7, 11) is 0. The molecule has 2 atom stereocenters. The molecule has 2 heterocycles. The zero-order chi connectivity index (χ0) is 18.7. The summed E-state index contributed by atoms with van der Waals surface area (Å²) in [5.41, 5.74) is 1.99. The van der Waals surface area contributed by atoms with Crippen molar-refractivity contribution >= 4 is 34.7 Å². The average Bonchev–Trinajstić information content (AvgIpc) is 3.26. The molecule has 0 aliphatic carbocycles. The van der Waals surface area contributed by atoms with Crippen molar-refractivity contribution in [3.63, 3.8) is 0 Å². The molecule has 0 N–H and O–H groups in total. The van der Waals surface area contributed by atoms with Crippen LogP contribution in [0, 0.1) is 0 Å². The smallest absolute Gasteiger partial charge is 0.307 e. The SMILES string of the molecule is C[C@@H]1Cc2ccccc2N1C(=O)[C@@H](C)OC(=O)CCC(=O)c1cccs1. The van der Waals surface area contributed by atoms with E-state index in [1.165, 1.54) is 11.3 Å². The molecule has 3 rings (SSSR count). The summed E-state index contributed by atoms with van der Waals surface area (Å²) >= 11 is 1.35. The number of nitrogens with zero attached hydrogens (tertiary/aromatic N) is 1. The Hall–Kier alpha value is -2.47. The number of anilines is 1. The zero-order valence-corrected chi connectivity index (χ0v) is 15.6. The van der Waals surface area contributed by atoms with Crippen LogP contribution in [-0.2, 0) is 20.7 Å². The fourth-order valence-electron chi connectivity index (χ4n) is 3.18. The van der Waals surface area contributed by atoms with Gasteiger partial charge in [0.2, 0.25) is 0 Å². The van der Waals surface area contributed by atoms with E-state index in [4.69, 9.17) is 4.74 Å². The molecule has 2 aromatic rings. The average molecular weight is 371 g/mol. The van der Waals surface area contributed by atoms with Crippen LogP contribution in [0.2, 0.25) is 0 Å². The Bertz CT molecular complexity index is 815. The van der Waals surface area contributed by atoms with Gasteiger partial charge in [-0.1, -0.05) is 24.3 Å². The van der Waals surface area contributed by atoms with Crippen LogP contribution in [-0.4, -0.2) is 29.8 Å². The summed E-state index contributed by atoms with van der Waals surface area (Å²) in [6.45, 7) is 3.56. The maximum Gasteiger partial charge on any atom is 0.307 e. The molecule has 1 aromatic carbocycles. The number of Topliss-reactive ketones (excluding diaryl/α,β-unsaturated/α-hetero) is 1. The molecule has 0 saturated heterocycles. The van der Waals surface area contributed by atoms with Crippen LogP contribution >= 0.6 is 11.3 Å². The number of para-hydroxylation sites is 1. The van der Waals surface area contributed by atoms with Crippen molar-refractivity contribution in [2.45, 2.75) is 45.3 Å². The van der Waals surface area contributed by atoms with Crippen LogP contribution in [0.25, 0.3) is 0 Å². The Labute approximate surface area is 156 Å². The predicted octanol–water partition coefficient (Wildman–Crippen LogP) is 3.62. The second kappa shape index (κ2) is 7.83. The minimum atomic E-state index is -0.882. The largest absolute Gasteiger partial charge is 0.453 e. The number of carbonyl (C=O) groups excluding carboxylic acids is 3. The number of ether oxygens (including phenoxy) is 1. The lowest BCUT2D eigenvalue weighted by atomic mass is 10.1. The third kappa shape index (κ3) is 3.85. The van der Waals surface area contributed by atoms with Crippen molar-refractivity contribution in [1.29, 1.82) is 0 Å². The van der Waals surface area contributed by atoms with E-state index < -0.39 is 12.1 Å². The number of amides is 1. The summed E-state index contributed by atoms with van der Waals surface area (Å²) in [4.78, 5) is 39.1. The maximum absolute atomic E-state index is 12.8. The molecule has 0 radical (unpaired) electrons. The molecular weight excluding hydrogens is 350 g/mol. The van der Waals surface area contributed by atoms with Gasteiger partial charge >= 0.3 is 5.97 Å². The number of rotatable bonds is 6. The van der Waals surface area contributed by atoms with Crippen molar-refractivity contribution in [1.82, 2.24) is 0 Å². The first kappa shape index (κ1) is 18.3. The topological polar surface area (TPSA) is 63.7 Å². The quantitative estimate of drug-likeness (QED) is 0.575. The van der Waals surface area contributed by atoms with Gasteiger partial charge in [0.15, 0.2) is 11.9 Å². The fourth-order valence-corrected chi connectivity index (χ4v) is 3.87. The van der Waals surface area contributed by atoms with Crippen LogP contribution in [0.5, 0.6) is 0 Å². The van der Waals surface area contributed by atoms with Crippen molar-refractivity contribution in [2.24, 2.45) is 0 Å². The molecule has 0 unspecified atom stereocenters. The summed E-state index contributed by atoms with van der Waals surface area (Å²) in [6.07, 6.45) is -0.0327. The molecule has 1 aliphatic rings. The van der Waals surface area contributed by atoms with Gasteiger partial charge in [0.25, 0.3) is 5.91 Å². The lowest BCUT2D eigenvalue weighted by Gasteiger charge is -2.25. The summed E-state index contributed by atoms with van der Waals surface area (Å²) in [5.74, 6) is -0.853. The van der Waals surface area contributed by atoms with Gasteiger partial charge in [-0.2, -0.15) is 0 Å². The first-order valence-electron chi connectivity index (χ1n) is 8.64. The lowest BCUT2D eigenvalue weighted by molar-refractivity contribution is -0.153. The van der Waals surface area contributed by atoms with E-state index in [2.05, 4.69) is 0 Å². The Morgan fingerprint density at radius 2 is 1.96 bits per heavy atom. The Kier molecular flexibility index (Phi) is 5.52. The van der Waals surface area contributed by atoms with Gasteiger partial charge in [-0.25, -0.2) is 0 Å². The van der Waals surface area contributed by atoms with E-state index in [1.54, 1.807) is 24.0 Å². The normalized spacial score (nSPS) is 16.8. The highest BCUT2D eigenvalue weighted by molar-refractivity contribution is 7.12. The molecule has 26 heavy (non-hydrogen) atoms. The van der Waals surface area contributed by atoms with E-state index in [0.717, 1.165) is 17.7 Å². The Balaban J connectivity index is 1.56. The van der Waals surface area contributed by atoms with Crippen LogP contribution in [0.3, 0.4) is 0 Å². The second-order valence-electron chi connectivity index (χ2n) is 6.42. The molecule has 1 aliphatic heterocycles. The lowest BCUT2D eigenvalue weighted by Crippen LogP contribution is -2.43. The number of ketones is 1. The first-order valence-corrected chi connectivity index (χ1v) is 9.52. The number of hydrogen-bond donors (Lipinski definition) is 0. The minimum Gasteiger partial charge on any atom is -0.453 e. The molecule has 1 aromatic heterocycles. The summed E-state index contributed by atoms with van der Waals surface area (Å²) in [5, 5.41) is 1.82. The molecule has 0 bridgehead atoms. The minimum absolute atomic E-state index is 0.0273. The molecule has 0 spiro atoms. The van der Waals surface area contributed by atoms with Crippen molar-refractivity contribution in [3.8, 4) is 0 Å². The van der Waals surface area contributed by atoms with E-state index >= 15 is 0 Å².